The molecular weight excluding hydrogens is 208 g/mol. The van der Waals surface area contributed by atoms with Gasteiger partial charge in [-0.2, -0.15) is 0 Å². The lowest BCUT2D eigenvalue weighted by Gasteiger charge is -2.13. The van der Waals surface area contributed by atoms with Crippen LogP contribution in [0.4, 0.5) is 0 Å². The summed E-state index contributed by atoms with van der Waals surface area (Å²) in [7, 11) is 0. The van der Waals surface area contributed by atoms with Gasteiger partial charge in [-0.1, -0.05) is 0 Å². The van der Waals surface area contributed by atoms with Crippen molar-refractivity contribution in [2.45, 2.75) is 65.6 Å². The summed E-state index contributed by atoms with van der Waals surface area (Å²) in [6.07, 6.45) is 0.486. The third-order valence-electron chi connectivity index (χ3n) is 1.36. The van der Waals surface area contributed by atoms with Gasteiger partial charge in [-0.3, -0.25) is 9.59 Å². The molecule has 0 aromatic heterocycles. The molecule has 0 saturated carbocycles. The third kappa shape index (κ3) is 23.2. The van der Waals surface area contributed by atoms with E-state index in [1.54, 1.807) is 27.7 Å². The molecule has 0 unspecified atom stereocenters. The topological polar surface area (TPSA) is 74.6 Å². The summed E-state index contributed by atoms with van der Waals surface area (Å²) in [6.45, 7) is 9.42. The standard InChI is InChI=1S/2C6H12O2/c2*1-5(7)4-6(2,3)8/h2*8H,4H2,1-3H3. The van der Waals surface area contributed by atoms with Crippen molar-refractivity contribution in [1.29, 1.82) is 0 Å². The van der Waals surface area contributed by atoms with Crippen LogP contribution in [0.2, 0.25) is 0 Å². The summed E-state index contributed by atoms with van der Waals surface area (Å²) in [5.74, 6) is 0.0509. The van der Waals surface area contributed by atoms with Gasteiger partial charge in [0.25, 0.3) is 0 Å². The second-order valence-electron chi connectivity index (χ2n) is 5.38. The number of carbonyl (C=O) groups excluding carboxylic acids is 2. The fourth-order valence-corrected chi connectivity index (χ4v) is 1.22. The van der Waals surface area contributed by atoms with Gasteiger partial charge in [0, 0.05) is 12.8 Å². The maximum absolute atomic E-state index is 10.3. The van der Waals surface area contributed by atoms with Gasteiger partial charge in [0.1, 0.15) is 11.6 Å². The van der Waals surface area contributed by atoms with Crippen LogP contribution in [0.15, 0.2) is 0 Å². The molecule has 0 bridgehead atoms. The molecule has 0 saturated heterocycles. The van der Waals surface area contributed by atoms with Gasteiger partial charge in [0.15, 0.2) is 0 Å². The first-order chi connectivity index (χ1) is 6.83. The Morgan fingerprint density at radius 2 is 1.00 bits per heavy atom. The van der Waals surface area contributed by atoms with E-state index in [1.807, 2.05) is 0 Å². The minimum atomic E-state index is -0.828. The molecule has 0 radical (unpaired) electrons. The Kier molecular flexibility index (Phi) is 7.46. The van der Waals surface area contributed by atoms with E-state index in [4.69, 9.17) is 10.2 Å². The minimum absolute atomic E-state index is 0.0255. The maximum atomic E-state index is 10.3. The second kappa shape index (κ2) is 6.76. The van der Waals surface area contributed by atoms with Crippen molar-refractivity contribution < 1.29 is 19.8 Å². The maximum Gasteiger partial charge on any atom is 0.132 e. The highest BCUT2D eigenvalue weighted by molar-refractivity contribution is 5.76. The molecule has 0 atom stereocenters. The van der Waals surface area contributed by atoms with Crippen LogP contribution in [0.3, 0.4) is 0 Å². The molecule has 0 aromatic carbocycles. The van der Waals surface area contributed by atoms with E-state index in [9.17, 15) is 9.59 Å². The molecule has 16 heavy (non-hydrogen) atoms. The Balaban J connectivity index is 0. The molecule has 4 nitrogen and oxygen atoms in total. The predicted octanol–water partition coefficient (Wildman–Crippen LogP) is 1.47. The Hall–Kier alpha value is -0.740. The molecule has 0 amide bonds. The van der Waals surface area contributed by atoms with Crippen LogP contribution < -0.4 is 0 Å². The van der Waals surface area contributed by atoms with Crippen LogP contribution >= 0.6 is 0 Å². The highest BCUT2D eigenvalue weighted by Crippen LogP contribution is 2.06. The Bertz CT molecular complexity index is 204. The van der Waals surface area contributed by atoms with Crippen molar-refractivity contribution in [3.05, 3.63) is 0 Å². The van der Waals surface area contributed by atoms with Crippen LogP contribution in [-0.4, -0.2) is 33.0 Å². The van der Waals surface area contributed by atoms with Gasteiger partial charge >= 0.3 is 0 Å². The normalized spacial score (nSPS) is 11.5. The van der Waals surface area contributed by atoms with Gasteiger partial charge in [-0.15, -0.1) is 0 Å². The van der Waals surface area contributed by atoms with E-state index >= 15 is 0 Å². The lowest BCUT2D eigenvalue weighted by Crippen LogP contribution is -2.21. The van der Waals surface area contributed by atoms with Crippen molar-refractivity contribution >= 4 is 11.6 Å². The molecule has 96 valence electrons. The monoisotopic (exact) mass is 232 g/mol. The smallest absolute Gasteiger partial charge is 0.132 e. The highest BCUT2D eigenvalue weighted by Gasteiger charge is 2.14. The number of Topliss-reactive ketones (excluding diaryl/α,β-unsaturated/α-hetero) is 2. The van der Waals surface area contributed by atoms with E-state index in [1.165, 1.54) is 13.8 Å². The minimum Gasteiger partial charge on any atom is -0.390 e. The first-order valence-electron chi connectivity index (χ1n) is 5.27. The summed E-state index contributed by atoms with van der Waals surface area (Å²) < 4.78 is 0. The zero-order chi connectivity index (χ0) is 13.6. The first kappa shape index (κ1) is 17.6. The highest BCUT2D eigenvalue weighted by atomic mass is 16.3. The Labute approximate surface area is 97.7 Å². The van der Waals surface area contributed by atoms with Gasteiger partial charge < -0.3 is 10.2 Å². The van der Waals surface area contributed by atoms with Gasteiger partial charge in [-0.25, -0.2) is 0 Å². The van der Waals surface area contributed by atoms with Crippen molar-refractivity contribution in [3.8, 4) is 0 Å². The van der Waals surface area contributed by atoms with E-state index in [-0.39, 0.29) is 24.4 Å². The Morgan fingerprint density at radius 1 is 0.812 bits per heavy atom. The van der Waals surface area contributed by atoms with Crippen LogP contribution in [-0.2, 0) is 9.59 Å². The van der Waals surface area contributed by atoms with Crippen molar-refractivity contribution in [3.63, 3.8) is 0 Å². The van der Waals surface area contributed by atoms with Gasteiger partial charge in [0.05, 0.1) is 11.2 Å². The van der Waals surface area contributed by atoms with E-state index in [2.05, 4.69) is 0 Å². The molecule has 2 N–H and O–H groups in total. The lowest BCUT2D eigenvalue weighted by molar-refractivity contribution is -0.121. The van der Waals surface area contributed by atoms with Crippen LogP contribution in [0.25, 0.3) is 0 Å². The molecule has 0 rings (SSSR count). The molecule has 4 heteroatoms. The molecular formula is C12H24O4. The molecule has 0 fully saturated rings. The number of rotatable bonds is 4. The fourth-order valence-electron chi connectivity index (χ4n) is 1.22. The lowest BCUT2D eigenvalue weighted by atomic mass is 10.0. The summed E-state index contributed by atoms with van der Waals surface area (Å²) in [5.41, 5.74) is -1.66. The summed E-state index contributed by atoms with van der Waals surface area (Å²) >= 11 is 0. The van der Waals surface area contributed by atoms with E-state index in [0.29, 0.717) is 0 Å². The fraction of sp³-hybridized carbons (Fsp3) is 0.833. The second-order valence-corrected chi connectivity index (χ2v) is 5.38. The summed E-state index contributed by atoms with van der Waals surface area (Å²) in [4.78, 5) is 20.6. The van der Waals surface area contributed by atoms with Crippen LogP contribution in [0, 0.1) is 0 Å². The van der Waals surface area contributed by atoms with Crippen molar-refractivity contribution in [2.75, 3.05) is 0 Å². The van der Waals surface area contributed by atoms with E-state index < -0.39 is 11.2 Å². The largest absolute Gasteiger partial charge is 0.390 e. The number of hydrogen-bond donors (Lipinski definition) is 2. The SMILES string of the molecule is CC(=O)CC(C)(C)O.CC(=O)CC(C)(C)O. The van der Waals surface area contributed by atoms with Crippen LogP contribution in [0.1, 0.15) is 54.4 Å². The van der Waals surface area contributed by atoms with Crippen LogP contribution in [0.5, 0.6) is 0 Å². The number of ketones is 2. The quantitative estimate of drug-likeness (QED) is 0.769. The predicted molar refractivity (Wildman–Crippen MR) is 63.2 cm³/mol. The average Bonchev–Trinajstić information content (AvgIpc) is 1.72. The molecule has 0 aliphatic rings. The first-order valence-corrected chi connectivity index (χ1v) is 5.27. The molecule has 0 aliphatic heterocycles. The molecule has 0 heterocycles. The van der Waals surface area contributed by atoms with Crippen molar-refractivity contribution in [1.82, 2.24) is 0 Å². The molecule has 0 aliphatic carbocycles. The van der Waals surface area contributed by atoms with Gasteiger partial charge in [-0.05, 0) is 41.5 Å². The average molecular weight is 232 g/mol. The molecule has 0 spiro atoms. The third-order valence-corrected chi connectivity index (χ3v) is 1.36. The number of carbonyl (C=O) groups is 2. The van der Waals surface area contributed by atoms with E-state index in [0.717, 1.165) is 0 Å². The number of aliphatic hydroxyl groups is 2. The zero-order valence-corrected chi connectivity index (χ0v) is 11.1. The summed E-state index contributed by atoms with van der Waals surface area (Å²) in [5, 5.41) is 17.9. The number of hydrogen-bond acceptors (Lipinski definition) is 4. The zero-order valence-electron chi connectivity index (χ0n) is 11.1. The van der Waals surface area contributed by atoms with Gasteiger partial charge in [0.2, 0.25) is 0 Å². The molecule has 0 aromatic rings. The summed E-state index contributed by atoms with van der Waals surface area (Å²) in [6, 6.07) is 0. The Morgan fingerprint density at radius 3 is 1.00 bits per heavy atom. The van der Waals surface area contributed by atoms with Crippen molar-refractivity contribution in [2.24, 2.45) is 0 Å².